The topological polar surface area (TPSA) is 154 Å². The predicted molar refractivity (Wildman–Crippen MR) is 101 cm³/mol. The minimum absolute atomic E-state index is 0.0753. The normalized spacial score (nSPS) is 18.3. The first-order chi connectivity index (χ1) is 14.0. The summed E-state index contributed by atoms with van der Waals surface area (Å²) in [6, 6.07) is 3.88. The zero-order valence-corrected chi connectivity index (χ0v) is 15.6. The molecule has 152 valence electrons. The molecule has 1 aromatic carbocycles. The fourth-order valence-electron chi connectivity index (χ4n) is 3.30. The Morgan fingerprint density at radius 1 is 1.24 bits per heavy atom. The van der Waals surface area contributed by atoms with Crippen molar-refractivity contribution in [2.45, 2.75) is 25.3 Å². The van der Waals surface area contributed by atoms with Gasteiger partial charge in [0, 0.05) is 36.7 Å². The molecule has 0 aromatic heterocycles. The van der Waals surface area contributed by atoms with Gasteiger partial charge in [0.05, 0.1) is 17.7 Å². The van der Waals surface area contributed by atoms with Crippen LogP contribution in [0.4, 0.5) is 5.69 Å². The molecule has 2 aliphatic rings. The SMILES string of the molecule is [N-]=[N+]=NCCCOCCNc1cccc2c1C(=O)N(C1CCC(=O)NC1=O)C2=O. The van der Waals surface area contributed by atoms with Gasteiger partial charge in [0.25, 0.3) is 11.8 Å². The molecule has 0 aliphatic carbocycles. The van der Waals surface area contributed by atoms with Crippen molar-refractivity contribution in [2.24, 2.45) is 5.11 Å². The van der Waals surface area contributed by atoms with Crippen LogP contribution in [0.25, 0.3) is 10.4 Å². The lowest BCUT2D eigenvalue weighted by Crippen LogP contribution is -2.54. The van der Waals surface area contributed by atoms with E-state index in [1.165, 1.54) is 0 Å². The minimum Gasteiger partial charge on any atom is -0.382 e. The number of hydrogen-bond donors (Lipinski definition) is 2. The van der Waals surface area contributed by atoms with Gasteiger partial charge >= 0.3 is 0 Å². The number of carbonyl (C=O) groups excluding carboxylic acids is 4. The Morgan fingerprint density at radius 2 is 2.07 bits per heavy atom. The zero-order valence-electron chi connectivity index (χ0n) is 15.6. The van der Waals surface area contributed by atoms with Crippen molar-refractivity contribution in [1.29, 1.82) is 0 Å². The molecule has 4 amide bonds. The molecule has 0 radical (unpaired) electrons. The monoisotopic (exact) mass is 400 g/mol. The second-order valence-electron chi connectivity index (χ2n) is 6.52. The predicted octanol–water partition coefficient (Wildman–Crippen LogP) is 1.22. The molecular weight excluding hydrogens is 380 g/mol. The summed E-state index contributed by atoms with van der Waals surface area (Å²) in [5, 5.41) is 8.66. The van der Waals surface area contributed by atoms with Crippen molar-refractivity contribution in [3.05, 3.63) is 39.8 Å². The first-order valence-corrected chi connectivity index (χ1v) is 9.21. The Labute approximate surface area is 166 Å². The van der Waals surface area contributed by atoms with E-state index < -0.39 is 29.7 Å². The summed E-state index contributed by atoms with van der Waals surface area (Å²) >= 11 is 0. The van der Waals surface area contributed by atoms with Crippen molar-refractivity contribution >= 4 is 29.3 Å². The summed E-state index contributed by atoms with van der Waals surface area (Å²) in [5.41, 5.74) is 9.11. The van der Waals surface area contributed by atoms with E-state index in [9.17, 15) is 19.2 Å². The molecule has 0 saturated carbocycles. The molecule has 1 aromatic rings. The smallest absolute Gasteiger partial charge is 0.264 e. The van der Waals surface area contributed by atoms with E-state index in [0.29, 0.717) is 38.4 Å². The number of benzene rings is 1. The number of ether oxygens (including phenoxy) is 1. The van der Waals surface area contributed by atoms with Crippen LogP contribution in [0.2, 0.25) is 0 Å². The highest BCUT2D eigenvalue weighted by atomic mass is 16.5. The highest BCUT2D eigenvalue weighted by molar-refractivity contribution is 6.25. The number of nitrogens with one attached hydrogen (secondary N) is 2. The Balaban J connectivity index is 1.63. The summed E-state index contributed by atoms with van der Waals surface area (Å²) < 4.78 is 5.42. The Kier molecular flexibility index (Phi) is 6.43. The Bertz CT molecular complexity index is 895. The molecule has 2 aliphatic heterocycles. The van der Waals surface area contributed by atoms with E-state index in [0.717, 1.165) is 4.90 Å². The van der Waals surface area contributed by atoms with Crippen molar-refractivity contribution in [2.75, 3.05) is 31.6 Å². The third kappa shape index (κ3) is 4.36. The number of hydrogen-bond acceptors (Lipinski definition) is 7. The van der Waals surface area contributed by atoms with Crippen LogP contribution in [0.3, 0.4) is 0 Å². The van der Waals surface area contributed by atoms with Gasteiger partial charge in [-0.2, -0.15) is 0 Å². The third-order valence-corrected chi connectivity index (χ3v) is 4.64. The number of piperidine rings is 1. The third-order valence-electron chi connectivity index (χ3n) is 4.64. The molecule has 11 nitrogen and oxygen atoms in total. The maximum absolute atomic E-state index is 12.9. The maximum atomic E-state index is 12.9. The number of amides is 4. The summed E-state index contributed by atoms with van der Waals surface area (Å²) in [6.45, 7) is 1.56. The fraction of sp³-hybridized carbons (Fsp3) is 0.444. The lowest BCUT2D eigenvalue weighted by atomic mass is 10.0. The van der Waals surface area contributed by atoms with Gasteiger partial charge in [-0.15, -0.1) is 0 Å². The lowest BCUT2D eigenvalue weighted by Gasteiger charge is -2.27. The van der Waals surface area contributed by atoms with Gasteiger partial charge in [-0.25, -0.2) is 0 Å². The van der Waals surface area contributed by atoms with Gasteiger partial charge in [0.15, 0.2) is 0 Å². The second-order valence-corrected chi connectivity index (χ2v) is 6.52. The molecule has 1 saturated heterocycles. The fourth-order valence-corrected chi connectivity index (χ4v) is 3.30. The average molecular weight is 400 g/mol. The van der Waals surface area contributed by atoms with E-state index in [1.807, 2.05) is 0 Å². The zero-order chi connectivity index (χ0) is 20.8. The first-order valence-electron chi connectivity index (χ1n) is 9.21. The van der Waals surface area contributed by atoms with Crippen LogP contribution in [0.5, 0.6) is 0 Å². The molecule has 1 fully saturated rings. The molecule has 3 rings (SSSR count). The van der Waals surface area contributed by atoms with Gasteiger partial charge in [-0.05, 0) is 30.5 Å². The van der Waals surface area contributed by atoms with E-state index in [2.05, 4.69) is 20.7 Å². The Hall–Kier alpha value is -3.43. The van der Waals surface area contributed by atoms with Crippen molar-refractivity contribution in [3.8, 4) is 0 Å². The van der Waals surface area contributed by atoms with Crippen LogP contribution in [-0.4, -0.2) is 60.9 Å². The van der Waals surface area contributed by atoms with Crippen LogP contribution in [0.1, 0.15) is 40.0 Å². The average Bonchev–Trinajstić information content (AvgIpc) is 2.95. The van der Waals surface area contributed by atoms with Gasteiger partial charge < -0.3 is 10.1 Å². The van der Waals surface area contributed by atoms with Crippen LogP contribution in [0.15, 0.2) is 23.3 Å². The van der Waals surface area contributed by atoms with Gasteiger partial charge in [0.1, 0.15) is 6.04 Å². The van der Waals surface area contributed by atoms with Crippen molar-refractivity contribution < 1.29 is 23.9 Å². The number of imide groups is 2. The van der Waals surface area contributed by atoms with Crippen molar-refractivity contribution in [3.63, 3.8) is 0 Å². The largest absolute Gasteiger partial charge is 0.382 e. The number of carbonyl (C=O) groups is 4. The summed E-state index contributed by atoms with van der Waals surface area (Å²) in [6.07, 6.45) is 0.799. The molecule has 0 spiro atoms. The standard InChI is InChI=1S/C18H20N6O5/c19-23-21-7-2-9-29-10-8-20-12-4-1-3-11-15(12)18(28)24(17(11)27)13-5-6-14(25)22-16(13)26/h1,3-4,13,20H,2,5-10H2,(H,22,25,26). The van der Waals surface area contributed by atoms with Crippen LogP contribution in [-0.2, 0) is 14.3 Å². The van der Waals surface area contributed by atoms with Gasteiger partial charge in [0.2, 0.25) is 11.8 Å². The number of rotatable bonds is 9. The molecule has 1 atom stereocenters. The summed E-state index contributed by atoms with van der Waals surface area (Å²) in [4.78, 5) is 52.7. The summed E-state index contributed by atoms with van der Waals surface area (Å²) in [5.74, 6) is -2.15. The lowest BCUT2D eigenvalue weighted by molar-refractivity contribution is -0.136. The van der Waals surface area contributed by atoms with E-state index >= 15 is 0 Å². The molecular formula is C18H20N6O5. The number of fused-ring (bicyclic) bond motifs is 1. The van der Waals surface area contributed by atoms with Gasteiger partial charge in [-0.3, -0.25) is 29.4 Å². The van der Waals surface area contributed by atoms with Crippen LogP contribution in [0, 0.1) is 0 Å². The summed E-state index contributed by atoms with van der Waals surface area (Å²) in [7, 11) is 0. The number of anilines is 1. The molecule has 29 heavy (non-hydrogen) atoms. The first kappa shape index (κ1) is 20.3. The Morgan fingerprint density at radius 3 is 2.83 bits per heavy atom. The van der Waals surface area contributed by atoms with E-state index in [4.69, 9.17) is 10.3 Å². The van der Waals surface area contributed by atoms with Crippen LogP contribution < -0.4 is 10.6 Å². The quantitative estimate of drug-likeness (QED) is 0.209. The molecule has 0 bridgehead atoms. The van der Waals surface area contributed by atoms with Crippen molar-refractivity contribution in [1.82, 2.24) is 10.2 Å². The maximum Gasteiger partial charge on any atom is 0.264 e. The molecule has 2 N–H and O–H groups in total. The molecule has 2 heterocycles. The highest BCUT2D eigenvalue weighted by Gasteiger charge is 2.45. The number of azide groups is 1. The second kappa shape index (κ2) is 9.18. The van der Waals surface area contributed by atoms with Crippen LogP contribution >= 0.6 is 0 Å². The molecule has 1 unspecified atom stereocenters. The number of nitrogens with zero attached hydrogens (tertiary/aromatic N) is 4. The molecule has 11 heteroatoms. The van der Waals surface area contributed by atoms with E-state index in [-0.39, 0.29) is 24.0 Å². The minimum atomic E-state index is -0.993. The van der Waals surface area contributed by atoms with Gasteiger partial charge in [-0.1, -0.05) is 11.2 Å². The highest BCUT2D eigenvalue weighted by Crippen LogP contribution is 2.32. The van der Waals surface area contributed by atoms with E-state index in [1.54, 1.807) is 18.2 Å².